The second kappa shape index (κ2) is 10.8. The Morgan fingerprint density at radius 3 is 2.49 bits per heavy atom. The van der Waals surface area contributed by atoms with E-state index in [-0.39, 0.29) is 17.3 Å². The molecule has 0 aliphatic carbocycles. The first kappa shape index (κ1) is 23.9. The summed E-state index contributed by atoms with van der Waals surface area (Å²) in [6.07, 6.45) is 0. The van der Waals surface area contributed by atoms with E-state index in [4.69, 9.17) is 17.0 Å². The normalized spacial score (nSPS) is 10.6. The molecule has 1 aromatic heterocycles. The third-order valence-corrected chi connectivity index (χ3v) is 5.60. The Hall–Kier alpha value is -4.24. The molecule has 1 amide bonds. The summed E-state index contributed by atoms with van der Waals surface area (Å²) in [5.74, 6) is 0.434. The van der Waals surface area contributed by atoms with Gasteiger partial charge in [0, 0.05) is 6.54 Å². The van der Waals surface area contributed by atoms with Crippen LogP contribution in [0.2, 0.25) is 0 Å². The molecule has 0 spiro atoms. The number of hydrogen-bond donors (Lipinski definition) is 3. The molecule has 0 aliphatic heterocycles. The van der Waals surface area contributed by atoms with Crippen LogP contribution in [0.3, 0.4) is 0 Å². The first-order valence-corrected chi connectivity index (χ1v) is 11.4. The van der Waals surface area contributed by atoms with Gasteiger partial charge in [0.25, 0.3) is 11.5 Å². The maximum atomic E-state index is 13.3. The van der Waals surface area contributed by atoms with Crippen molar-refractivity contribution < 1.29 is 9.53 Å². The van der Waals surface area contributed by atoms with Gasteiger partial charge in [0.2, 0.25) is 0 Å². The fourth-order valence-corrected chi connectivity index (χ4v) is 3.76. The highest BCUT2D eigenvalue weighted by atomic mass is 32.1. The number of nitrogens with one attached hydrogen (secondary N) is 3. The van der Waals surface area contributed by atoms with Crippen LogP contribution in [0.5, 0.6) is 5.75 Å². The van der Waals surface area contributed by atoms with E-state index in [2.05, 4.69) is 21.2 Å². The molecule has 3 N–H and O–H groups in total. The molecule has 0 unspecified atom stereocenters. The van der Waals surface area contributed by atoms with Crippen LogP contribution in [0.15, 0.2) is 77.6 Å². The lowest BCUT2D eigenvalue weighted by atomic mass is 10.1. The van der Waals surface area contributed by atoms with Crippen molar-refractivity contribution in [1.29, 1.82) is 0 Å². The largest absolute Gasteiger partial charge is 0.481 e. The third kappa shape index (κ3) is 5.64. The number of para-hydroxylation sites is 2. The molecule has 0 saturated carbocycles. The summed E-state index contributed by atoms with van der Waals surface area (Å²) in [5.41, 5.74) is 8.14. The number of amides is 1. The number of hydrazine groups is 1. The van der Waals surface area contributed by atoms with Crippen LogP contribution in [-0.2, 0) is 11.3 Å². The number of rotatable bonds is 6. The van der Waals surface area contributed by atoms with Crippen LogP contribution in [0, 0.1) is 13.8 Å². The van der Waals surface area contributed by atoms with E-state index in [0.717, 1.165) is 16.8 Å². The minimum atomic E-state index is -0.434. The Labute approximate surface area is 207 Å². The second-order valence-corrected chi connectivity index (χ2v) is 8.28. The highest BCUT2D eigenvalue weighted by molar-refractivity contribution is 7.80. The number of ether oxygens (including phenoxy) is 1. The maximum Gasteiger partial charge on any atom is 0.276 e. The first-order chi connectivity index (χ1) is 16.9. The monoisotopic (exact) mass is 487 g/mol. The minimum Gasteiger partial charge on any atom is -0.481 e. The number of fused-ring (bicyclic) bond motifs is 1. The summed E-state index contributed by atoms with van der Waals surface area (Å²) in [6, 6.07) is 22.5. The Bertz CT molecular complexity index is 1440. The molecule has 0 aliphatic rings. The van der Waals surface area contributed by atoms with Gasteiger partial charge in [-0.1, -0.05) is 54.6 Å². The molecule has 0 fully saturated rings. The topological polar surface area (TPSA) is 97.3 Å². The average molecular weight is 488 g/mol. The summed E-state index contributed by atoms with van der Waals surface area (Å²) in [7, 11) is 0. The lowest BCUT2D eigenvalue weighted by molar-refractivity contribution is -0.123. The van der Waals surface area contributed by atoms with Crippen molar-refractivity contribution in [2.75, 3.05) is 6.61 Å². The van der Waals surface area contributed by atoms with Crippen LogP contribution in [0.25, 0.3) is 16.6 Å². The summed E-state index contributed by atoms with van der Waals surface area (Å²) in [4.78, 5) is 30.2. The van der Waals surface area contributed by atoms with Crippen molar-refractivity contribution >= 4 is 34.1 Å². The molecule has 0 saturated heterocycles. The molecule has 8 nitrogen and oxygen atoms in total. The smallest absolute Gasteiger partial charge is 0.276 e. The fraction of sp³-hybridized carbons (Fsp3) is 0.154. The molecular weight excluding hydrogens is 462 g/mol. The van der Waals surface area contributed by atoms with Crippen molar-refractivity contribution in [3.05, 3.63) is 100 Å². The van der Waals surface area contributed by atoms with Crippen molar-refractivity contribution in [2.45, 2.75) is 20.4 Å². The molecule has 0 radical (unpaired) electrons. The summed E-state index contributed by atoms with van der Waals surface area (Å²) in [6.45, 7) is 3.96. The Kier molecular flexibility index (Phi) is 7.37. The number of hydrogen-bond acceptors (Lipinski definition) is 5. The standard InChI is InChI=1S/C26H25N5O3S/c1-17-9-6-7-13-21(17)31-18(2)28-24-20(25(31)33)12-8-14-22(24)34-16-23(32)29-30-26(35)27-15-19-10-4-3-5-11-19/h3-14H,15-16H2,1-2H3,(H,29,32)(H2,27,30,35). The summed E-state index contributed by atoms with van der Waals surface area (Å²) >= 11 is 5.18. The SMILES string of the molecule is Cc1ccccc1-n1c(C)nc2c(OCC(=O)NNC(=S)NCc3ccccc3)cccc2c1=O. The average Bonchev–Trinajstić information content (AvgIpc) is 2.87. The minimum absolute atomic E-state index is 0.201. The van der Waals surface area contributed by atoms with E-state index < -0.39 is 5.91 Å². The summed E-state index contributed by atoms with van der Waals surface area (Å²) in [5, 5.41) is 3.69. The number of benzene rings is 3. The molecule has 4 aromatic rings. The van der Waals surface area contributed by atoms with Gasteiger partial charge in [-0.25, -0.2) is 4.98 Å². The van der Waals surface area contributed by atoms with E-state index in [9.17, 15) is 9.59 Å². The number of thiocarbonyl (C=S) groups is 1. The second-order valence-electron chi connectivity index (χ2n) is 7.87. The number of nitrogens with zero attached hydrogens (tertiary/aromatic N) is 2. The van der Waals surface area contributed by atoms with Crippen LogP contribution in [-0.4, -0.2) is 27.2 Å². The van der Waals surface area contributed by atoms with Crippen LogP contribution < -0.4 is 26.5 Å². The van der Waals surface area contributed by atoms with Crippen molar-refractivity contribution in [3.63, 3.8) is 0 Å². The molecular formula is C26H25N5O3S. The molecule has 35 heavy (non-hydrogen) atoms. The van der Waals surface area contributed by atoms with Crippen LogP contribution >= 0.6 is 12.2 Å². The molecule has 178 valence electrons. The van der Waals surface area contributed by atoms with Crippen LogP contribution in [0.1, 0.15) is 17.0 Å². The predicted molar refractivity (Wildman–Crippen MR) is 139 cm³/mol. The zero-order valence-corrected chi connectivity index (χ0v) is 20.2. The van der Waals surface area contributed by atoms with E-state index in [1.54, 1.807) is 29.7 Å². The highest BCUT2D eigenvalue weighted by Crippen LogP contribution is 2.23. The molecule has 4 rings (SSSR count). The third-order valence-electron chi connectivity index (χ3n) is 5.36. The van der Waals surface area contributed by atoms with E-state index >= 15 is 0 Å². The van der Waals surface area contributed by atoms with Gasteiger partial charge in [0.1, 0.15) is 17.1 Å². The fourth-order valence-electron chi connectivity index (χ4n) is 3.63. The van der Waals surface area contributed by atoms with Gasteiger partial charge >= 0.3 is 0 Å². The molecule has 1 heterocycles. The predicted octanol–water partition coefficient (Wildman–Crippen LogP) is 3.08. The zero-order chi connectivity index (χ0) is 24.8. The van der Waals surface area contributed by atoms with Crippen molar-refractivity contribution in [1.82, 2.24) is 25.7 Å². The lowest BCUT2D eigenvalue weighted by Gasteiger charge is -2.15. The Morgan fingerprint density at radius 2 is 1.71 bits per heavy atom. The highest BCUT2D eigenvalue weighted by Gasteiger charge is 2.15. The zero-order valence-electron chi connectivity index (χ0n) is 19.4. The maximum absolute atomic E-state index is 13.3. The number of aromatic nitrogens is 2. The Balaban J connectivity index is 1.41. The summed E-state index contributed by atoms with van der Waals surface area (Å²) < 4.78 is 7.28. The van der Waals surface area contributed by atoms with Gasteiger partial charge in [-0.2, -0.15) is 0 Å². The number of carbonyl (C=O) groups is 1. The quantitative estimate of drug-likeness (QED) is 0.284. The van der Waals surface area contributed by atoms with E-state index in [0.29, 0.717) is 29.0 Å². The Morgan fingerprint density at radius 1 is 0.971 bits per heavy atom. The van der Waals surface area contributed by atoms with E-state index in [1.165, 1.54) is 0 Å². The molecule has 0 atom stereocenters. The lowest BCUT2D eigenvalue weighted by Crippen LogP contribution is -2.48. The molecule has 0 bridgehead atoms. The van der Waals surface area contributed by atoms with Gasteiger partial charge in [0.15, 0.2) is 11.7 Å². The molecule has 9 heteroatoms. The van der Waals surface area contributed by atoms with Gasteiger partial charge in [-0.3, -0.25) is 25.0 Å². The number of aryl methyl sites for hydroxylation is 2. The van der Waals surface area contributed by atoms with Gasteiger partial charge in [-0.15, -0.1) is 0 Å². The van der Waals surface area contributed by atoms with Gasteiger partial charge in [0.05, 0.1) is 11.1 Å². The number of carbonyl (C=O) groups excluding carboxylic acids is 1. The molecule has 3 aromatic carbocycles. The van der Waals surface area contributed by atoms with Crippen molar-refractivity contribution in [3.8, 4) is 11.4 Å². The van der Waals surface area contributed by atoms with Crippen LogP contribution in [0.4, 0.5) is 0 Å². The first-order valence-electron chi connectivity index (χ1n) is 11.0. The van der Waals surface area contributed by atoms with Crippen molar-refractivity contribution in [2.24, 2.45) is 0 Å². The van der Waals surface area contributed by atoms with E-state index in [1.807, 2.05) is 61.5 Å². The van der Waals surface area contributed by atoms with Gasteiger partial charge in [-0.05, 0) is 55.4 Å². The van der Waals surface area contributed by atoms with Gasteiger partial charge < -0.3 is 10.1 Å².